The van der Waals surface area contributed by atoms with Crippen molar-refractivity contribution in [1.82, 2.24) is 9.80 Å². The van der Waals surface area contributed by atoms with Crippen LogP contribution in [-0.2, 0) is 4.79 Å². The van der Waals surface area contributed by atoms with Crippen LogP contribution in [0.2, 0.25) is 0 Å². The SMILES string of the molecule is O=C(O)[C@@H]1CCCN1C[C@@H]1CCCN2CCCC[C@H]12. The van der Waals surface area contributed by atoms with Crippen molar-refractivity contribution in [3.8, 4) is 0 Å². The van der Waals surface area contributed by atoms with E-state index >= 15 is 0 Å². The molecule has 108 valence electrons. The van der Waals surface area contributed by atoms with Crippen LogP contribution in [0.1, 0.15) is 44.9 Å². The lowest BCUT2D eigenvalue weighted by molar-refractivity contribution is -0.142. The molecule has 0 saturated carbocycles. The van der Waals surface area contributed by atoms with Crippen LogP contribution in [0, 0.1) is 5.92 Å². The molecule has 0 bridgehead atoms. The number of nitrogens with zero attached hydrogens (tertiary/aromatic N) is 2. The molecule has 0 unspecified atom stereocenters. The molecule has 0 aliphatic carbocycles. The number of hydrogen-bond acceptors (Lipinski definition) is 3. The Morgan fingerprint density at radius 1 is 1.00 bits per heavy atom. The van der Waals surface area contributed by atoms with Gasteiger partial charge in [0, 0.05) is 12.6 Å². The van der Waals surface area contributed by atoms with Crippen molar-refractivity contribution in [1.29, 1.82) is 0 Å². The quantitative estimate of drug-likeness (QED) is 0.846. The first-order valence-electron chi connectivity index (χ1n) is 7.96. The normalized spacial score (nSPS) is 37.2. The molecular weight excluding hydrogens is 240 g/mol. The van der Waals surface area contributed by atoms with Crippen LogP contribution in [-0.4, -0.2) is 59.1 Å². The molecule has 0 aromatic rings. The fraction of sp³-hybridized carbons (Fsp3) is 0.933. The Morgan fingerprint density at radius 2 is 1.79 bits per heavy atom. The number of aliphatic carboxylic acids is 1. The smallest absolute Gasteiger partial charge is 0.320 e. The first-order valence-corrected chi connectivity index (χ1v) is 7.96. The molecule has 0 amide bonds. The monoisotopic (exact) mass is 266 g/mol. The minimum absolute atomic E-state index is 0.209. The minimum Gasteiger partial charge on any atom is -0.480 e. The molecule has 0 aromatic carbocycles. The zero-order valence-corrected chi connectivity index (χ0v) is 11.8. The third-order valence-electron chi connectivity index (χ3n) is 5.35. The fourth-order valence-corrected chi connectivity index (χ4v) is 4.42. The molecule has 4 heteroatoms. The molecule has 3 heterocycles. The van der Waals surface area contributed by atoms with Crippen molar-refractivity contribution in [3.05, 3.63) is 0 Å². The zero-order valence-electron chi connectivity index (χ0n) is 11.8. The lowest BCUT2D eigenvalue weighted by Gasteiger charge is -2.45. The number of fused-ring (bicyclic) bond motifs is 1. The average Bonchev–Trinajstić information content (AvgIpc) is 2.87. The maximum atomic E-state index is 11.3. The van der Waals surface area contributed by atoms with Crippen molar-refractivity contribution in [2.75, 3.05) is 26.2 Å². The number of rotatable bonds is 3. The Hall–Kier alpha value is -0.610. The van der Waals surface area contributed by atoms with Gasteiger partial charge in [0.2, 0.25) is 0 Å². The highest BCUT2D eigenvalue weighted by Gasteiger charge is 2.37. The molecule has 0 radical (unpaired) electrons. The predicted octanol–water partition coefficient (Wildman–Crippen LogP) is 1.80. The summed E-state index contributed by atoms with van der Waals surface area (Å²) in [7, 11) is 0. The van der Waals surface area contributed by atoms with Gasteiger partial charge in [0.25, 0.3) is 0 Å². The molecule has 3 aliphatic rings. The number of carbonyl (C=O) groups is 1. The summed E-state index contributed by atoms with van der Waals surface area (Å²) in [5, 5.41) is 9.29. The van der Waals surface area contributed by atoms with Gasteiger partial charge >= 0.3 is 5.97 Å². The van der Waals surface area contributed by atoms with E-state index in [1.54, 1.807) is 0 Å². The molecule has 19 heavy (non-hydrogen) atoms. The summed E-state index contributed by atoms with van der Waals surface area (Å²) in [6, 6.07) is 0.525. The highest BCUT2D eigenvalue weighted by molar-refractivity contribution is 5.73. The van der Waals surface area contributed by atoms with Crippen LogP contribution in [0.15, 0.2) is 0 Å². The molecular formula is C15H26N2O2. The van der Waals surface area contributed by atoms with Gasteiger partial charge in [-0.15, -0.1) is 0 Å². The van der Waals surface area contributed by atoms with E-state index in [1.165, 1.54) is 45.2 Å². The Labute approximate surface area is 115 Å². The summed E-state index contributed by atoms with van der Waals surface area (Å²) in [6.45, 7) is 4.53. The lowest BCUT2D eigenvalue weighted by atomic mass is 9.83. The summed E-state index contributed by atoms with van der Waals surface area (Å²) in [5.74, 6) is 0.0859. The first kappa shape index (κ1) is 13.4. The summed E-state index contributed by atoms with van der Waals surface area (Å²) in [6.07, 6.45) is 8.53. The van der Waals surface area contributed by atoms with Crippen molar-refractivity contribution in [2.45, 2.75) is 57.0 Å². The summed E-state index contributed by atoms with van der Waals surface area (Å²) in [4.78, 5) is 16.2. The van der Waals surface area contributed by atoms with Gasteiger partial charge in [-0.25, -0.2) is 0 Å². The molecule has 1 N–H and O–H groups in total. The van der Waals surface area contributed by atoms with Crippen LogP contribution in [0.4, 0.5) is 0 Å². The maximum absolute atomic E-state index is 11.3. The van der Waals surface area contributed by atoms with Crippen LogP contribution in [0.5, 0.6) is 0 Å². The molecule has 0 spiro atoms. The molecule has 3 saturated heterocycles. The Balaban J connectivity index is 1.63. The van der Waals surface area contributed by atoms with Gasteiger partial charge in [-0.2, -0.15) is 0 Å². The van der Waals surface area contributed by atoms with Gasteiger partial charge in [-0.1, -0.05) is 6.42 Å². The molecule has 3 fully saturated rings. The topological polar surface area (TPSA) is 43.8 Å². The molecule has 0 aromatic heterocycles. The Morgan fingerprint density at radius 3 is 2.63 bits per heavy atom. The Bertz CT molecular complexity index is 332. The van der Waals surface area contributed by atoms with Crippen LogP contribution < -0.4 is 0 Å². The van der Waals surface area contributed by atoms with Gasteiger partial charge in [-0.3, -0.25) is 9.69 Å². The maximum Gasteiger partial charge on any atom is 0.320 e. The first-order chi connectivity index (χ1) is 9.25. The van der Waals surface area contributed by atoms with Crippen LogP contribution >= 0.6 is 0 Å². The summed E-state index contributed by atoms with van der Waals surface area (Å²) >= 11 is 0. The molecule has 3 atom stereocenters. The van der Waals surface area contributed by atoms with E-state index in [2.05, 4.69) is 9.80 Å². The molecule has 4 nitrogen and oxygen atoms in total. The zero-order chi connectivity index (χ0) is 13.2. The van der Waals surface area contributed by atoms with E-state index in [4.69, 9.17) is 0 Å². The van der Waals surface area contributed by atoms with Gasteiger partial charge in [0.05, 0.1) is 0 Å². The number of carboxylic acids is 1. The van der Waals surface area contributed by atoms with Crippen molar-refractivity contribution in [2.24, 2.45) is 5.92 Å². The van der Waals surface area contributed by atoms with Crippen molar-refractivity contribution < 1.29 is 9.90 Å². The van der Waals surface area contributed by atoms with E-state index < -0.39 is 5.97 Å². The van der Waals surface area contributed by atoms with E-state index in [-0.39, 0.29) is 6.04 Å². The Kier molecular flexibility index (Phi) is 4.08. The van der Waals surface area contributed by atoms with Crippen LogP contribution in [0.25, 0.3) is 0 Å². The third-order valence-corrected chi connectivity index (χ3v) is 5.35. The third kappa shape index (κ3) is 2.79. The van der Waals surface area contributed by atoms with Crippen molar-refractivity contribution in [3.63, 3.8) is 0 Å². The summed E-state index contributed by atoms with van der Waals surface area (Å²) in [5.41, 5.74) is 0. The second-order valence-electron chi connectivity index (χ2n) is 6.49. The van der Waals surface area contributed by atoms with Crippen molar-refractivity contribution >= 4 is 5.97 Å². The second kappa shape index (κ2) is 5.80. The highest BCUT2D eigenvalue weighted by Crippen LogP contribution is 2.32. The number of carboxylic acid groups (broad SMARTS) is 1. The lowest BCUT2D eigenvalue weighted by Crippen LogP contribution is -2.52. The van der Waals surface area contributed by atoms with E-state index in [0.29, 0.717) is 5.92 Å². The number of hydrogen-bond donors (Lipinski definition) is 1. The number of piperidine rings is 2. The predicted molar refractivity (Wildman–Crippen MR) is 74.2 cm³/mol. The average molecular weight is 266 g/mol. The van der Waals surface area contributed by atoms with Crippen LogP contribution in [0.3, 0.4) is 0 Å². The minimum atomic E-state index is -0.617. The van der Waals surface area contributed by atoms with Gasteiger partial charge in [-0.05, 0) is 64.1 Å². The van der Waals surface area contributed by atoms with E-state index in [1.807, 2.05) is 0 Å². The summed E-state index contributed by atoms with van der Waals surface area (Å²) < 4.78 is 0. The molecule has 3 aliphatic heterocycles. The standard InChI is InChI=1S/C15H26N2O2/c18-15(19)14-7-4-10-17(14)11-12-5-3-9-16-8-2-1-6-13(12)16/h12-14H,1-11H2,(H,18,19)/t12-,13+,14-/m0/s1. The van der Waals surface area contributed by atoms with Gasteiger partial charge < -0.3 is 10.0 Å². The van der Waals surface area contributed by atoms with Gasteiger partial charge in [0.15, 0.2) is 0 Å². The van der Waals surface area contributed by atoms with E-state index in [0.717, 1.165) is 32.0 Å². The van der Waals surface area contributed by atoms with E-state index in [9.17, 15) is 9.90 Å². The largest absolute Gasteiger partial charge is 0.480 e. The second-order valence-corrected chi connectivity index (χ2v) is 6.49. The highest BCUT2D eigenvalue weighted by atomic mass is 16.4. The molecule has 3 rings (SSSR count). The van der Waals surface area contributed by atoms with Gasteiger partial charge in [0.1, 0.15) is 6.04 Å². The number of likely N-dealkylation sites (tertiary alicyclic amines) is 1. The fourth-order valence-electron chi connectivity index (χ4n) is 4.42.